The van der Waals surface area contributed by atoms with E-state index in [0.717, 1.165) is 17.8 Å². The molecule has 0 aliphatic carbocycles. The van der Waals surface area contributed by atoms with E-state index in [4.69, 9.17) is 17.0 Å². The molecule has 0 saturated carbocycles. The first-order chi connectivity index (χ1) is 19.2. The van der Waals surface area contributed by atoms with E-state index < -0.39 is 16.8 Å². The highest BCUT2D eigenvalue weighted by molar-refractivity contribution is 8.27. The van der Waals surface area contributed by atoms with Crippen LogP contribution >= 0.6 is 24.0 Å². The maximum absolute atomic E-state index is 13.4. The Morgan fingerprint density at radius 3 is 2.40 bits per heavy atom. The molecule has 2 heterocycles. The van der Waals surface area contributed by atoms with E-state index in [0.29, 0.717) is 21.8 Å². The number of nitrogens with zero attached hydrogens (tertiary/aromatic N) is 4. The molecule has 5 rings (SSSR count). The number of nitro groups is 1. The summed E-state index contributed by atoms with van der Waals surface area (Å²) < 4.78 is 8.74. The Balaban J connectivity index is 1.36. The molecule has 0 atom stereocenters. The predicted molar refractivity (Wildman–Crippen MR) is 156 cm³/mol. The smallest absolute Gasteiger partial charge is 0.343 e. The zero-order valence-corrected chi connectivity index (χ0v) is 22.8. The van der Waals surface area contributed by atoms with Gasteiger partial charge in [-0.1, -0.05) is 60.4 Å². The second-order valence-corrected chi connectivity index (χ2v) is 10.4. The number of thiocarbonyl (C=S) groups is 1. The van der Waals surface area contributed by atoms with E-state index in [1.165, 1.54) is 27.8 Å². The average Bonchev–Trinajstić information content (AvgIpc) is 3.34. The van der Waals surface area contributed by atoms with Crippen molar-refractivity contribution in [2.75, 3.05) is 4.90 Å². The van der Waals surface area contributed by atoms with E-state index in [-0.39, 0.29) is 32.6 Å². The van der Waals surface area contributed by atoms with Crippen LogP contribution in [0.3, 0.4) is 0 Å². The number of hydrogen-bond donors (Lipinski definition) is 0. The first kappa shape index (κ1) is 26.8. The Hall–Kier alpha value is -4.81. The number of benzene rings is 3. The van der Waals surface area contributed by atoms with Crippen molar-refractivity contribution in [2.24, 2.45) is 7.05 Å². The molecule has 3 aromatic carbocycles. The summed E-state index contributed by atoms with van der Waals surface area (Å²) in [7, 11) is 1.74. The number of carbonyl (C=O) groups excluding carboxylic acids is 2. The number of nitro benzene ring substituents is 1. The van der Waals surface area contributed by atoms with Gasteiger partial charge in [-0.2, -0.15) is 0 Å². The molecule has 0 radical (unpaired) electrons. The Kier molecular flexibility index (Phi) is 7.20. The van der Waals surface area contributed by atoms with Crippen molar-refractivity contribution in [1.82, 2.24) is 9.36 Å². The van der Waals surface area contributed by atoms with E-state index in [1.54, 1.807) is 61.1 Å². The summed E-state index contributed by atoms with van der Waals surface area (Å²) in [5, 5.41) is 11.0. The maximum atomic E-state index is 13.4. The topological polar surface area (TPSA) is 117 Å². The highest BCUT2D eigenvalue weighted by atomic mass is 32.2. The van der Waals surface area contributed by atoms with Gasteiger partial charge in [0.25, 0.3) is 17.2 Å². The quantitative estimate of drug-likeness (QED) is 0.0790. The lowest BCUT2D eigenvalue weighted by Gasteiger charge is -2.12. The van der Waals surface area contributed by atoms with Crippen LogP contribution in [0.4, 0.5) is 11.4 Å². The summed E-state index contributed by atoms with van der Waals surface area (Å²) in [4.78, 5) is 51.2. The van der Waals surface area contributed by atoms with Gasteiger partial charge < -0.3 is 4.74 Å². The van der Waals surface area contributed by atoms with Gasteiger partial charge in [0.1, 0.15) is 11.4 Å². The van der Waals surface area contributed by atoms with Crippen molar-refractivity contribution in [3.05, 3.63) is 121 Å². The second kappa shape index (κ2) is 10.8. The third kappa shape index (κ3) is 4.97. The molecule has 200 valence electrons. The van der Waals surface area contributed by atoms with Crippen molar-refractivity contribution in [1.29, 1.82) is 0 Å². The molecule has 1 aliphatic heterocycles. The number of aromatic nitrogens is 2. The fraction of sp³-hybridized carbons (Fsp3) is 0.0714. The maximum Gasteiger partial charge on any atom is 0.343 e. The summed E-state index contributed by atoms with van der Waals surface area (Å²) in [5.74, 6) is -0.929. The molecular weight excluding hydrogens is 552 g/mol. The number of thioether (sulfide) groups is 1. The molecular formula is C28H20N4O6S2. The van der Waals surface area contributed by atoms with Gasteiger partial charge in [0.2, 0.25) is 0 Å². The summed E-state index contributed by atoms with van der Waals surface area (Å²) in [6.07, 6.45) is 1.64. The molecule has 0 unspecified atom stereocenters. The van der Waals surface area contributed by atoms with Crippen LogP contribution in [0.25, 0.3) is 11.8 Å². The second-order valence-electron chi connectivity index (χ2n) is 8.69. The average molecular weight is 573 g/mol. The number of para-hydroxylation sites is 1. The van der Waals surface area contributed by atoms with Crippen LogP contribution in [-0.2, 0) is 11.8 Å². The van der Waals surface area contributed by atoms with Crippen molar-refractivity contribution >= 4 is 57.6 Å². The molecule has 1 aliphatic rings. The molecule has 0 N–H and O–H groups in total. The third-order valence-electron chi connectivity index (χ3n) is 6.22. The zero-order chi connectivity index (χ0) is 28.6. The number of carbonyl (C=O) groups is 2. The molecule has 1 fully saturated rings. The fourth-order valence-corrected chi connectivity index (χ4v) is 5.44. The number of non-ortho nitro benzene ring substituents is 1. The molecule has 1 aromatic heterocycles. The molecule has 40 heavy (non-hydrogen) atoms. The lowest BCUT2D eigenvalue weighted by atomic mass is 10.2. The van der Waals surface area contributed by atoms with Gasteiger partial charge in [0.15, 0.2) is 4.32 Å². The van der Waals surface area contributed by atoms with E-state index in [9.17, 15) is 24.5 Å². The zero-order valence-electron chi connectivity index (χ0n) is 21.1. The lowest BCUT2D eigenvalue weighted by Crippen LogP contribution is -2.33. The first-order valence-corrected chi connectivity index (χ1v) is 13.1. The minimum absolute atomic E-state index is 0.0458. The van der Waals surface area contributed by atoms with Crippen LogP contribution in [0.2, 0.25) is 0 Å². The minimum atomic E-state index is -0.739. The Morgan fingerprint density at radius 2 is 1.73 bits per heavy atom. The number of amides is 1. The SMILES string of the molecule is Cc1c(N2C(=O)C(=Cc3ccc(OC(=O)c4cccc([N+](=O)[O-])c4)cc3)SC2=S)c(=O)n(-c2ccccc2)n1C. The van der Waals surface area contributed by atoms with Crippen LogP contribution in [0, 0.1) is 17.0 Å². The predicted octanol–water partition coefficient (Wildman–Crippen LogP) is 5.02. The number of anilines is 1. The van der Waals surface area contributed by atoms with E-state index >= 15 is 0 Å². The van der Waals surface area contributed by atoms with Gasteiger partial charge >= 0.3 is 5.97 Å². The summed E-state index contributed by atoms with van der Waals surface area (Å²) in [6, 6.07) is 20.8. The van der Waals surface area contributed by atoms with E-state index in [2.05, 4.69) is 0 Å². The van der Waals surface area contributed by atoms with Crippen LogP contribution in [0.5, 0.6) is 5.75 Å². The summed E-state index contributed by atoms with van der Waals surface area (Å²) in [5.41, 5.74) is 1.55. The molecule has 10 nitrogen and oxygen atoms in total. The van der Waals surface area contributed by atoms with Crippen molar-refractivity contribution < 1.29 is 19.2 Å². The van der Waals surface area contributed by atoms with Crippen LogP contribution < -0.4 is 15.2 Å². The van der Waals surface area contributed by atoms with Gasteiger partial charge in [-0.25, -0.2) is 9.48 Å². The monoisotopic (exact) mass is 572 g/mol. The van der Waals surface area contributed by atoms with Crippen LogP contribution in [-0.4, -0.2) is 30.5 Å². The van der Waals surface area contributed by atoms with Gasteiger partial charge in [-0.05, 0) is 48.9 Å². The molecule has 1 amide bonds. The molecule has 0 spiro atoms. The Morgan fingerprint density at radius 1 is 1.02 bits per heavy atom. The fourth-order valence-electron chi connectivity index (χ4n) is 4.17. The molecule has 12 heteroatoms. The van der Waals surface area contributed by atoms with Crippen molar-refractivity contribution in [2.45, 2.75) is 6.92 Å². The lowest BCUT2D eigenvalue weighted by molar-refractivity contribution is -0.384. The number of hydrogen-bond acceptors (Lipinski definition) is 8. The third-order valence-corrected chi connectivity index (χ3v) is 7.52. The van der Waals surface area contributed by atoms with Crippen LogP contribution in [0.15, 0.2) is 88.6 Å². The molecule has 4 aromatic rings. The van der Waals surface area contributed by atoms with Crippen LogP contribution in [0.1, 0.15) is 21.6 Å². The van der Waals surface area contributed by atoms with Gasteiger partial charge in [-0.3, -0.25) is 29.3 Å². The highest BCUT2D eigenvalue weighted by Crippen LogP contribution is 2.36. The molecule has 1 saturated heterocycles. The summed E-state index contributed by atoms with van der Waals surface area (Å²) in [6.45, 7) is 1.76. The minimum Gasteiger partial charge on any atom is -0.423 e. The largest absolute Gasteiger partial charge is 0.423 e. The van der Waals surface area contributed by atoms with Crippen molar-refractivity contribution in [3.8, 4) is 11.4 Å². The number of ether oxygens (including phenoxy) is 1. The van der Waals surface area contributed by atoms with Gasteiger partial charge in [-0.15, -0.1) is 0 Å². The Labute approximate surface area is 237 Å². The first-order valence-electron chi connectivity index (χ1n) is 11.8. The van der Waals surface area contributed by atoms with E-state index in [1.807, 2.05) is 18.2 Å². The number of esters is 1. The molecule has 0 bridgehead atoms. The van der Waals surface area contributed by atoms with Gasteiger partial charge in [0, 0.05) is 19.2 Å². The standard InChI is InChI=1S/C28H20N4O6S2/c1-17-24(26(34)31(29(17)2)20-8-4-3-5-9-20)30-25(33)23(40-28(30)39)15-18-11-13-22(14-12-18)38-27(35)19-7-6-10-21(16-19)32(36)37/h3-16H,1-2H3. The highest BCUT2D eigenvalue weighted by Gasteiger charge is 2.37. The van der Waals surface area contributed by atoms with Gasteiger partial charge in [0.05, 0.1) is 26.8 Å². The number of rotatable bonds is 6. The van der Waals surface area contributed by atoms with Crippen molar-refractivity contribution in [3.63, 3.8) is 0 Å². The Bertz CT molecular complexity index is 1770. The normalized spacial score (nSPS) is 14.2. The summed E-state index contributed by atoms with van der Waals surface area (Å²) >= 11 is 6.58.